The van der Waals surface area contributed by atoms with E-state index in [4.69, 9.17) is 10.5 Å². The molecule has 0 spiro atoms. The quantitative estimate of drug-likeness (QED) is 0.821. The van der Waals surface area contributed by atoms with Gasteiger partial charge in [-0.25, -0.2) is 4.98 Å². The molecule has 4 heteroatoms. The number of nitrogens with zero attached hydrogens (tertiary/aromatic N) is 1. The molecule has 2 aromatic rings. The third-order valence-electron chi connectivity index (χ3n) is 2.67. The molecule has 0 radical (unpaired) electrons. The van der Waals surface area contributed by atoms with Crippen molar-refractivity contribution in [3.05, 3.63) is 40.3 Å². The number of hydrogen-bond acceptors (Lipinski definition) is 4. The predicted octanol–water partition coefficient (Wildman–Crippen LogP) is 3.55. The highest BCUT2D eigenvalue weighted by molar-refractivity contribution is 7.09. The molecule has 0 saturated heterocycles. The number of rotatable bonds is 6. The van der Waals surface area contributed by atoms with Gasteiger partial charge in [-0.15, -0.1) is 11.3 Å². The maximum atomic E-state index is 5.70. The summed E-state index contributed by atoms with van der Waals surface area (Å²) < 4.78 is 5.67. The molecule has 0 atom stereocenters. The third kappa shape index (κ3) is 4.56. The van der Waals surface area contributed by atoms with Crippen LogP contribution in [0.3, 0.4) is 0 Å². The maximum Gasteiger partial charge on any atom is 0.121 e. The van der Waals surface area contributed by atoms with E-state index in [2.05, 4.69) is 24.2 Å². The fourth-order valence-electron chi connectivity index (χ4n) is 1.78. The number of anilines is 1. The first-order valence-corrected chi connectivity index (χ1v) is 7.43. The van der Waals surface area contributed by atoms with E-state index in [0.717, 1.165) is 30.0 Å². The molecule has 2 N–H and O–H groups in total. The zero-order valence-corrected chi connectivity index (χ0v) is 12.2. The lowest BCUT2D eigenvalue weighted by Gasteiger charge is -2.05. The third-order valence-corrected chi connectivity index (χ3v) is 3.59. The summed E-state index contributed by atoms with van der Waals surface area (Å²) in [6, 6.07) is 7.51. The average Bonchev–Trinajstić information content (AvgIpc) is 2.76. The molecule has 3 nitrogen and oxygen atoms in total. The summed E-state index contributed by atoms with van der Waals surface area (Å²) in [5.74, 6) is 1.47. The van der Waals surface area contributed by atoms with Crippen molar-refractivity contribution in [1.29, 1.82) is 0 Å². The van der Waals surface area contributed by atoms with Gasteiger partial charge in [0, 0.05) is 30.0 Å². The molecule has 1 aromatic carbocycles. The highest BCUT2D eigenvalue weighted by Gasteiger charge is 2.04. The molecule has 0 fully saturated rings. The number of nitrogens with two attached hydrogens (primary N) is 1. The standard InChI is InChI=1S/C15H20N2OS/c1-11(2)8-15-17-13(10-19-15)6-7-18-14-5-3-4-12(16)9-14/h3-5,9-11H,6-8,16H2,1-2H3. The van der Waals surface area contributed by atoms with Crippen molar-refractivity contribution in [2.75, 3.05) is 12.3 Å². The maximum absolute atomic E-state index is 5.70. The minimum atomic E-state index is 0.633. The van der Waals surface area contributed by atoms with Gasteiger partial charge in [-0.2, -0.15) is 0 Å². The molecule has 0 aliphatic heterocycles. The van der Waals surface area contributed by atoms with E-state index < -0.39 is 0 Å². The molecule has 0 bridgehead atoms. The van der Waals surface area contributed by atoms with E-state index in [-0.39, 0.29) is 0 Å². The molecule has 0 aliphatic rings. The Hall–Kier alpha value is -1.55. The number of ether oxygens (including phenoxy) is 1. The van der Waals surface area contributed by atoms with Crippen LogP contribution in [0.2, 0.25) is 0 Å². The number of aromatic nitrogens is 1. The van der Waals surface area contributed by atoms with Crippen LogP contribution in [-0.2, 0) is 12.8 Å². The van der Waals surface area contributed by atoms with Crippen LogP contribution in [0, 0.1) is 5.92 Å². The van der Waals surface area contributed by atoms with Gasteiger partial charge >= 0.3 is 0 Å². The van der Waals surface area contributed by atoms with Crippen molar-refractivity contribution >= 4 is 17.0 Å². The Morgan fingerprint density at radius 1 is 1.37 bits per heavy atom. The van der Waals surface area contributed by atoms with E-state index >= 15 is 0 Å². The van der Waals surface area contributed by atoms with E-state index in [0.29, 0.717) is 12.5 Å². The van der Waals surface area contributed by atoms with Crippen LogP contribution in [-0.4, -0.2) is 11.6 Å². The zero-order valence-electron chi connectivity index (χ0n) is 11.4. The second-order valence-electron chi connectivity index (χ2n) is 5.00. The van der Waals surface area contributed by atoms with Crippen LogP contribution in [0.25, 0.3) is 0 Å². The number of hydrogen-bond donors (Lipinski definition) is 1. The zero-order chi connectivity index (χ0) is 13.7. The molecule has 0 saturated carbocycles. The molecule has 102 valence electrons. The van der Waals surface area contributed by atoms with Crippen molar-refractivity contribution in [3.63, 3.8) is 0 Å². The van der Waals surface area contributed by atoms with Crippen LogP contribution in [0.1, 0.15) is 24.5 Å². The van der Waals surface area contributed by atoms with Crippen LogP contribution in [0.5, 0.6) is 5.75 Å². The Morgan fingerprint density at radius 3 is 2.95 bits per heavy atom. The fraction of sp³-hybridized carbons (Fsp3) is 0.400. The van der Waals surface area contributed by atoms with E-state index in [1.54, 1.807) is 11.3 Å². The summed E-state index contributed by atoms with van der Waals surface area (Å²) >= 11 is 1.74. The van der Waals surface area contributed by atoms with Gasteiger partial charge in [0.2, 0.25) is 0 Å². The Kier molecular flexibility index (Phi) is 4.80. The molecule has 0 unspecified atom stereocenters. The highest BCUT2D eigenvalue weighted by Crippen LogP contribution is 2.17. The lowest BCUT2D eigenvalue weighted by Crippen LogP contribution is -2.02. The average molecular weight is 276 g/mol. The van der Waals surface area contributed by atoms with E-state index in [1.165, 1.54) is 5.01 Å². The van der Waals surface area contributed by atoms with Crippen molar-refractivity contribution in [2.45, 2.75) is 26.7 Å². The van der Waals surface area contributed by atoms with Crippen LogP contribution >= 0.6 is 11.3 Å². The predicted molar refractivity (Wildman–Crippen MR) is 80.7 cm³/mol. The summed E-state index contributed by atoms with van der Waals surface area (Å²) in [5, 5.41) is 3.34. The van der Waals surface area contributed by atoms with Crippen molar-refractivity contribution < 1.29 is 4.74 Å². The van der Waals surface area contributed by atoms with Crippen molar-refractivity contribution in [1.82, 2.24) is 4.98 Å². The first kappa shape index (κ1) is 13.9. The number of nitrogen functional groups attached to an aromatic ring is 1. The molecule has 1 heterocycles. The Bertz CT molecular complexity index is 522. The smallest absolute Gasteiger partial charge is 0.121 e. The van der Waals surface area contributed by atoms with E-state index in [9.17, 15) is 0 Å². The second-order valence-corrected chi connectivity index (χ2v) is 5.94. The summed E-state index contributed by atoms with van der Waals surface area (Å²) in [7, 11) is 0. The minimum Gasteiger partial charge on any atom is -0.493 e. The topological polar surface area (TPSA) is 48.1 Å². The molecular weight excluding hydrogens is 256 g/mol. The first-order valence-electron chi connectivity index (χ1n) is 6.55. The number of benzene rings is 1. The molecule has 0 amide bonds. The summed E-state index contributed by atoms with van der Waals surface area (Å²) in [5.41, 5.74) is 7.54. The van der Waals surface area contributed by atoms with Gasteiger partial charge in [-0.3, -0.25) is 0 Å². The molecule has 0 aliphatic carbocycles. The summed E-state index contributed by atoms with van der Waals surface area (Å²) in [4.78, 5) is 4.61. The first-order chi connectivity index (χ1) is 9.13. The van der Waals surface area contributed by atoms with Crippen LogP contribution < -0.4 is 10.5 Å². The van der Waals surface area contributed by atoms with Gasteiger partial charge in [0.15, 0.2) is 0 Å². The van der Waals surface area contributed by atoms with Gasteiger partial charge in [0.25, 0.3) is 0 Å². The highest BCUT2D eigenvalue weighted by atomic mass is 32.1. The van der Waals surface area contributed by atoms with Gasteiger partial charge in [-0.05, 0) is 18.1 Å². The van der Waals surface area contributed by atoms with Gasteiger partial charge < -0.3 is 10.5 Å². The lowest BCUT2D eigenvalue weighted by atomic mass is 10.1. The monoisotopic (exact) mass is 276 g/mol. The lowest BCUT2D eigenvalue weighted by molar-refractivity contribution is 0.321. The summed E-state index contributed by atoms with van der Waals surface area (Å²) in [6.45, 7) is 5.06. The van der Waals surface area contributed by atoms with Crippen LogP contribution in [0.15, 0.2) is 29.6 Å². The minimum absolute atomic E-state index is 0.633. The Labute approximate surface area is 118 Å². The largest absolute Gasteiger partial charge is 0.493 e. The molecular formula is C15H20N2OS. The van der Waals surface area contributed by atoms with Gasteiger partial charge in [0.1, 0.15) is 5.75 Å². The molecule has 1 aromatic heterocycles. The SMILES string of the molecule is CC(C)Cc1nc(CCOc2cccc(N)c2)cs1. The Morgan fingerprint density at radius 2 is 2.21 bits per heavy atom. The van der Waals surface area contributed by atoms with E-state index in [1.807, 2.05) is 24.3 Å². The second kappa shape index (κ2) is 6.57. The van der Waals surface area contributed by atoms with Gasteiger partial charge in [-0.1, -0.05) is 19.9 Å². The Balaban J connectivity index is 1.81. The van der Waals surface area contributed by atoms with Crippen molar-refractivity contribution in [2.24, 2.45) is 5.92 Å². The summed E-state index contributed by atoms with van der Waals surface area (Å²) in [6.07, 6.45) is 1.89. The van der Waals surface area contributed by atoms with Crippen molar-refractivity contribution in [3.8, 4) is 5.75 Å². The van der Waals surface area contributed by atoms with Gasteiger partial charge in [0.05, 0.1) is 17.3 Å². The normalized spacial score (nSPS) is 10.9. The van der Waals surface area contributed by atoms with Crippen LogP contribution in [0.4, 0.5) is 5.69 Å². The molecule has 2 rings (SSSR count). The fourth-order valence-corrected chi connectivity index (χ4v) is 2.83. The molecule has 19 heavy (non-hydrogen) atoms. The number of thiazole rings is 1.